The summed E-state index contributed by atoms with van der Waals surface area (Å²) in [7, 11) is 4.17. The Balaban J connectivity index is 3.29. The quantitative estimate of drug-likeness (QED) is 0.142. The molecule has 0 N–H and O–H groups in total. The predicted molar refractivity (Wildman–Crippen MR) is 147 cm³/mol. The fourth-order valence-corrected chi connectivity index (χ4v) is 72.5. The van der Waals surface area contributed by atoms with Crippen molar-refractivity contribution in [2.75, 3.05) is 12.9 Å². The first kappa shape index (κ1) is 28.2. The summed E-state index contributed by atoms with van der Waals surface area (Å²) >= 11 is 6.36. The molecule has 1 unspecified atom stereocenters. The van der Waals surface area contributed by atoms with E-state index in [1.807, 2.05) is 0 Å². The Kier molecular flexibility index (Phi) is 14.7. The van der Waals surface area contributed by atoms with Gasteiger partial charge in [0, 0.05) is 0 Å². The monoisotopic (exact) mass is 582 g/mol. The van der Waals surface area contributed by atoms with Crippen molar-refractivity contribution in [3.63, 3.8) is 0 Å². The van der Waals surface area contributed by atoms with Crippen molar-refractivity contribution >= 4 is 58.5 Å². The molecule has 0 fully saturated rings. The van der Waals surface area contributed by atoms with E-state index in [1.165, 1.54) is 62.9 Å². The Hall–Kier alpha value is 1.17. The fourth-order valence-electron chi connectivity index (χ4n) is 3.43. The summed E-state index contributed by atoms with van der Waals surface area (Å²) in [4.78, 5) is 0. The minimum atomic E-state index is -2.38. The Morgan fingerprint density at radius 2 is 1.41 bits per heavy atom. The van der Waals surface area contributed by atoms with Crippen LogP contribution < -0.4 is 10.0 Å². The zero-order valence-electron chi connectivity index (χ0n) is 19.5. The third kappa shape index (κ3) is 10.1. The van der Waals surface area contributed by atoms with Gasteiger partial charge >= 0.3 is 198 Å². The molecule has 1 aromatic rings. The van der Waals surface area contributed by atoms with Crippen molar-refractivity contribution in [2.45, 2.75) is 86.5 Å². The van der Waals surface area contributed by atoms with E-state index >= 15 is 0 Å². The molecule has 29 heavy (non-hydrogen) atoms. The maximum atomic E-state index is 6.61. The molecule has 0 aliphatic heterocycles. The van der Waals surface area contributed by atoms with Gasteiger partial charge in [-0.2, -0.15) is 0 Å². The number of ether oxygens (including phenoxy) is 1. The standard InChI is InChI=1S/C11H17OPS3.3C4H9.Sn/c1-9(2)8-16-13(14,15)11-6-4-10(12-3)5-7-11;3*1-3-4-2;/h4-7,9H,8H2,1-3H3,(H,14,15);3*1,3-4H2,2H3;/q;;;;+1/p-1. The Bertz CT molecular complexity index is 585. The van der Waals surface area contributed by atoms with Crippen LogP contribution in [0.25, 0.3) is 0 Å². The molecule has 1 atom stereocenters. The summed E-state index contributed by atoms with van der Waals surface area (Å²) in [6.07, 6.45) is 8.18. The van der Waals surface area contributed by atoms with Gasteiger partial charge in [0.1, 0.15) is 0 Å². The SMILES string of the molecule is CCC[CH2][Sn]([CH2]CCC)([CH2]CCC)[S]P(=S)(SCC(C)C)c1ccc(OC)cc1. The average molecular weight is 581 g/mol. The van der Waals surface area contributed by atoms with Crippen molar-refractivity contribution in [2.24, 2.45) is 5.92 Å². The van der Waals surface area contributed by atoms with Crippen LogP contribution >= 0.6 is 24.4 Å². The summed E-state index contributed by atoms with van der Waals surface area (Å²) in [5.41, 5.74) is 0. The van der Waals surface area contributed by atoms with Gasteiger partial charge in [-0.1, -0.05) is 0 Å². The van der Waals surface area contributed by atoms with Crippen LogP contribution in [0.2, 0.25) is 13.3 Å². The van der Waals surface area contributed by atoms with Crippen molar-refractivity contribution in [3.8, 4) is 5.75 Å². The van der Waals surface area contributed by atoms with Crippen molar-refractivity contribution in [3.05, 3.63) is 24.3 Å². The van der Waals surface area contributed by atoms with E-state index in [9.17, 15) is 0 Å². The topological polar surface area (TPSA) is 9.23 Å². The Morgan fingerprint density at radius 1 is 0.931 bits per heavy atom. The van der Waals surface area contributed by atoms with Gasteiger partial charge in [-0.05, 0) is 0 Å². The number of hydrogen-bond donors (Lipinski definition) is 0. The summed E-state index contributed by atoms with van der Waals surface area (Å²) in [5.74, 6) is 2.80. The molecule has 0 saturated carbocycles. The van der Waals surface area contributed by atoms with Gasteiger partial charge in [-0.3, -0.25) is 0 Å². The minimum absolute atomic E-state index is 0.688. The first-order chi connectivity index (χ1) is 13.8. The first-order valence-corrected chi connectivity index (χ1v) is 26.8. The summed E-state index contributed by atoms with van der Waals surface area (Å²) in [6, 6.07) is 8.79. The Labute approximate surface area is 197 Å². The Morgan fingerprint density at radius 3 is 1.79 bits per heavy atom. The second kappa shape index (κ2) is 15.1. The molecule has 1 rings (SSSR count). The molecule has 0 aromatic heterocycles. The van der Waals surface area contributed by atoms with E-state index in [-0.39, 0.29) is 0 Å². The second-order valence-electron chi connectivity index (χ2n) is 8.47. The van der Waals surface area contributed by atoms with Crippen molar-refractivity contribution in [1.29, 1.82) is 0 Å². The zero-order chi connectivity index (χ0) is 21.8. The molecule has 0 heterocycles. The van der Waals surface area contributed by atoms with Crippen molar-refractivity contribution in [1.82, 2.24) is 0 Å². The van der Waals surface area contributed by atoms with Crippen LogP contribution in [-0.2, 0) is 11.8 Å². The molecule has 0 aliphatic carbocycles. The molecule has 0 saturated heterocycles. The molecule has 0 amide bonds. The molecule has 0 radical (unpaired) electrons. The van der Waals surface area contributed by atoms with Crippen LogP contribution in [0.3, 0.4) is 0 Å². The molecular weight excluding hydrogens is 538 g/mol. The van der Waals surface area contributed by atoms with E-state index in [1.54, 1.807) is 7.11 Å². The normalized spacial score (nSPS) is 14.2. The molecule has 1 aromatic carbocycles. The average Bonchev–Trinajstić information content (AvgIpc) is 2.73. The molecule has 0 aliphatic rings. The van der Waals surface area contributed by atoms with Crippen LogP contribution in [0, 0.1) is 5.92 Å². The van der Waals surface area contributed by atoms with Gasteiger partial charge in [0.15, 0.2) is 0 Å². The molecular formula is C23H43OPS3Sn. The van der Waals surface area contributed by atoms with Crippen LogP contribution in [-0.4, -0.2) is 29.9 Å². The fraction of sp³-hybridized carbons (Fsp3) is 0.739. The third-order valence-electron chi connectivity index (χ3n) is 5.24. The van der Waals surface area contributed by atoms with Gasteiger partial charge in [0.05, 0.1) is 0 Å². The third-order valence-corrected chi connectivity index (χ3v) is 55.2. The van der Waals surface area contributed by atoms with Crippen LogP contribution in [0.5, 0.6) is 5.75 Å². The summed E-state index contributed by atoms with van der Waals surface area (Å²) in [6.45, 7) is 11.7. The zero-order valence-corrected chi connectivity index (χ0v) is 25.7. The van der Waals surface area contributed by atoms with E-state index in [4.69, 9.17) is 16.5 Å². The predicted octanol–water partition coefficient (Wildman–Crippen LogP) is 9.10. The summed E-state index contributed by atoms with van der Waals surface area (Å²) < 4.78 is 8.29. The molecule has 0 bridgehead atoms. The van der Waals surface area contributed by atoms with Crippen LogP contribution in [0.4, 0.5) is 0 Å². The first-order valence-electron chi connectivity index (χ1n) is 11.4. The van der Waals surface area contributed by atoms with Crippen molar-refractivity contribution < 1.29 is 4.74 Å². The number of unbranched alkanes of at least 4 members (excludes halogenated alkanes) is 3. The second-order valence-corrected chi connectivity index (χ2v) is 40.6. The maximum absolute atomic E-state index is 6.61. The van der Waals surface area contributed by atoms with Gasteiger partial charge < -0.3 is 0 Å². The number of benzene rings is 1. The van der Waals surface area contributed by atoms with Gasteiger partial charge in [-0.15, -0.1) is 0 Å². The summed E-state index contributed by atoms with van der Waals surface area (Å²) in [5, 5.41) is 1.41. The molecule has 168 valence electrons. The van der Waals surface area contributed by atoms with Gasteiger partial charge in [0.2, 0.25) is 0 Å². The van der Waals surface area contributed by atoms with E-state index in [0.717, 1.165) is 5.75 Å². The van der Waals surface area contributed by atoms with E-state index in [0.29, 0.717) is 5.92 Å². The van der Waals surface area contributed by atoms with Gasteiger partial charge in [-0.25, -0.2) is 0 Å². The van der Waals surface area contributed by atoms with Crippen LogP contribution in [0.15, 0.2) is 24.3 Å². The van der Waals surface area contributed by atoms with Crippen LogP contribution in [0.1, 0.15) is 73.1 Å². The molecule has 1 nitrogen and oxygen atoms in total. The van der Waals surface area contributed by atoms with Gasteiger partial charge in [0.25, 0.3) is 0 Å². The van der Waals surface area contributed by atoms with E-state index in [2.05, 4.69) is 78.8 Å². The molecule has 6 heteroatoms. The number of methoxy groups -OCH3 is 1. The number of rotatable bonds is 16. The van der Waals surface area contributed by atoms with E-state index < -0.39 is 21.4 Å². The number of hydrogen-bond acceptors (Lipinski definition) is 4. The molecule has 0 spiro atoms.